The van der Waals surface area contributed by atoms with Crippen LogP contribution in [0.3, 0.4) is 0 Å². The molecule has 0 atom stereocenters. The number of ether oxygens (including phenoxy) is 1. The van der Waals surface area contributed by atoms with Gasteiger partial charge >= 0.3 is 0 Å². The number of benzene rings is 1. The van der Waals surface area contributed by atoms with Crippen LogP contribution in [0.4, 0.5) is 15.2 Å². The summed E-state index contributed by atoms with van der Waals surface area (Å²) in [5.41, 5.74) is 1.63. The van der Waals surface area contributed by atoms with Gasteiger partial charge in [-0.1, -0.05) is 11.3 Å². The van der Waals surface area contributed by atoms with Gasteiger partial charge in [-0.2, -0.15) is 5.10 Å². The molecular formula is C13H13FN4OS. The Hall–Kier alpha value is -1.99. The zero-order valence-electron chi connectivity index (χ0n) is 10.8. The summed E-state index contributed by atoms with van der Waals surface area (Å²) < 4.78 is 20.7. The van der Waals surface area contributed by atoms with Crippen LogP contribution in [0.25, 0.3) is 10.2 Å². The lowest BCUT2D eigenvalue weighted by Crippen LogP contribution is -2.03. The van der Waals surface area contributed by atoms with Gasteiger partial charge in [0.05, 0.1) is 35.3 Å². The average molecular weight is 292 g/mol. The van der Waals surface area contributed by atoms with Crippen LogP contribution < -0.4 is 5.32 Å². The SMILES string of the molecule is COCCn1cc(Nc2nc3ccc(F)cc3s2)cn1. The molecule has 1 aromatic carbocycles. The smallest absolute Gasteiger partial charge is 0.188 e. The maximum Gasteiger partial charge on any atom is 0.188 e. The van der Waals surface area contributed by atoms with Crippen molar-refractivity contribution in [1.82, 2.24) is 14.8 Å². The van der Waals surface area contributed by atoms with Gasteiger partial charge in [-0.05, 0) is 18.2 Å². The number of rotatable bonds is 5. The van der Waals surface area contributed by atoms with Crippen molar-refractivity contribution in [2.24, 2.45) is 0 Å². The van der Waals surface area contributed by atoms with Gasteiger partial charge in [0.1, 0.15) is 5.82 Å². The summed E-state index contributed by atoms with van der Waals surface area (Å²) in [6.45, 7) is 1.31. The van der Waals surface area contributed by atoms with Crippen molar-refractivity contribution in [3.05, 3.63) is 36.4 Å². The lowest BCUT2D eigenvalue weighted by atomic mass is 10.3. The fourth-order valence-corrected chi connectivity index (χ4v) is 2.72. The Morgan fingerprint density at radius 3 is 3.20 bits per heavy atom. The van der Waals surface area contributed by atoms with Gasteiger partial charge in [0.25, 0.3) is 0 Å². The van der Waals surface area contributed by atoms with E-state index in [1.807, 2.05) is 6.20 Å². The van der Waals surface area contributed by atoms with Crippen LogP contribution in [0.1, 0.15) is 0 Å². The van der Waals surface area contributed by atoms with Gasteiger partial charge in [-0.3, -0.25) is 4.68 Å². The summed E-state index contributed by atoms with van der Waals surface area (Å²) in [5.74, 6) is -0.250. The van der Waals surface area contributed by atoms with Crippen molar-refractivity contribution >= 4 is 32.4 Å². The molecule has 0 aliphatic carbocycles. The number of halogens is 1. The molecule has 0 saturated carbocycles. The molecule has 104 valence electrons. The van der Waals surface area contributed by atoms with E-state index in [9.17, 15) is 4.39 Å². The molecule has 7 heteroatoms. The van der Waals surface area contributed by atoms with Crippen LogP contribution in [0, 0.1) is 5.82 Å². The molecule has 0 unspecified atom stereocenters. The van der Waals surface area contributed by atoms with Crippen LogP contribution in [0.2, 0.25) is 0 Å². The third-order valence-corrected chi connectivity index (χ3v) is 3.69. The highest BCUT2D eigenvalue weighted by Crippen LogP contribution is 2.28. The lowest BCUT2D eigenvalue weighted by molar-refractivity contribution is 0.183. The maximum atomic E-state index is 13.1. The van der Waals surface area contributed by atoms with Crippen LogP contribution in [0.5, 0.6) is 0 Å². The molecule has 0 bridgehead atoms. The van der Waals surface area contributed by atoms with Crippen LogP contribution in [0.15, 0.2) is 30.6 Å². The van der Waals surface area contributed by atoms with Crippen molar-refractivity contribution in [1.29, 1.82) is 0 Å². The minimum absolute atomic E-state index is 0.250. The molecule has 3 aromatic rings. The third-order valence-electron chi connectivity index (χ3n) is 2.76. The number of hydrogen-bond donors (Lipinski definition) is 1. The Balaban J connectivity index is 1.76. The zero-order valence-corrected chi connectivity index (χ0v) is 11.7. The quantitative estimate of drug-likeness (QED) is 0.785. The van der Waals surface area contributed by atoms with Crippen molar-refractivity contribution < 1.29 is 9.13 Å². The molecule has 0 aliphatic heterocycles. The summed E-state index contributed by atoms with van der Waals surface area (Å²) in [6, 6.07) is 4.57. The largest absolute Gasteiger partial charge is 0.383 e. The van der Waals surface area contributed by atoms with Gasteiger partial charge < -0.3 is 10.1 Å². The normalized spacial score (nSPS) is 11.1. The Kier molecular flexibility index (Phi) is 3.62. The Bertz CT molecular complexity index is 724. The third kappa shape index (κ3) is 2.78. The molecule has 2 aromatic heterocycles. The van der Waals surface area contributed by atoms with Crippen molar-refractivity contribution in [2.75, 3.05) is 19.0 Å². The highest BCUT2D eigenvalue weighted by molar-refractivity contribution is 7.22. The number of nitrogens with zero attached hydrogens (tertiary/aromatic N) is 3. The number of fused-ring (bicyclic) bond motifs is 1. The summed E-state index contributed by atoms with van der Waals surface area (Å²) in [7, 11) is 1.66. The number of methoxy groups -OCH3 is 1. The summed E-state index contributed by atoms with van der Waals surface area (Å²) in [6.07, 6.45) is 3.61. The minimum atomic E-state index is -0.250. The second kappa shape index (κ2) is 5.56. The number of anilines is 2. The Labute approximate surface area is 119 Å². The number of hydrogen-bond acceptors (Lipinski definition) is 5. The van der Waals surface area contributed by atoms with Crippen LogP contribution >= 0.6 is 11.3 Å². The first-order chi connectivity index (χ1) is 9.74. The summed E-state index contributed by atoms with van der Waals surface area (Å²) in [5, 5.41) is 8.10. The molecule has 0 radical (unpaired) electrons. The number of nitrogens with one attached hydrogen (secondary N) is 1. The van der Waals surface area contributed by atoms with E-state index < -0.39 is 0 Å². The van der Waals surface area contributed by atoms with E-state index in [0.29, 0.717) is 13.2 Å². The molecule has 0 fully saturated rings. The van der Waals surface area contributed by atoms with E-state index in [4.69, 9.17) is 4.74 Å². The molecule has 3 rings (SSSR count). The fourth-order valence-electron chi connectivity index (χ4n) is 1.81. The molecule has 0 spiro atoms. The lowest BCUT2D eigenvalue weighted by Gasteiger charge is -1.99. The summed E-state index contributed by atoms with van der Waals surface area (Å²) in [4.78, 5) is 4.40. The van der Waals surface area contributed by atoms with Crippen LogP contribution in [-0.4, -0.2) is 28.5 Å². The van der Waals surface area contributed by atoms with Gasteiger partial charge in [0, 0.05) is 13.3 Å². The first kappa shape index (κ1) is 13.0. The molecule has 20 heavy (non-hydrogen) atoms. The highest BCUT2D eigenvalue weighted by atomic mass is 32.1. The molecule has 5 nitrogen and oxygen atoms in total. The number of thiazole rings is 1. The molecule has 0 amide bonds. The van der Waals surface area contributed by atoms with Crippen molar-refractivity contribution in [2.45, 2.75) is 6.54 Å². The van der Waals surface area contributed by atoms with Crippen molar-refractivity contribution in [3.63, 3.8) is 0 Å². The van der Waals surface area contributed by atoms with E-state index in [2.05, 4.69) is 15.4 Å². The second-order valence-electron chi connectivity index (χ2n) is 4.24. The molecule has 1 N–H and O–H groups in total. The van der Waals surface area contributed by atoms with Gasteiger partial charge in [0.15, 0.2) is 5.13 Å². The molecule has 2 heterocycles. The van der Waals surface area contributed by atoms with E-state index in [1.54, 1.807) is 24.1 Å². The predicted molar refractivity (Wildman–Crippen MR) is 77.0 cm³/mol. The standard InChI is InChI=1S/C13H13FN4OS/c1-19-5-4-18-8-10(7-15-18)16-13-17-11-3-2-9(14)6-12(11)20-13/h2-3,6-8H,4-5H2,1H3,(H,16,17). The first-order valence-corrected chi connectivity index (χ1v) is 6.91. The highest BCUT2D eigenvalue weighted by Gasteiger charge is 2.06. The summed E-state index contributed by atoms with van der Waals surface area (Å²) >= 11 is 1.41. The molecule has 0 aliphatic rings. The van der Waals surface area contributed by atoms with Crippen LogP contribution in [-0.2, 0) is 11.3 Å². The first-order valence-electron chi connectivity index (χ1n) is 6.09. The van der Waals surface area contributed by atoms with Gasteiger partial charge in [-0.25, -0.2) is 9.37 Å². The zero-order chi connectivity index (χ0) is 13.9. The Morgan fingerprint density at radius 1 is 1.45 bits per heavy atom. The van der Waals surface area contributed by atoms with E-state index in [1.165, 1.54) is 23.5 Å². The average Bonchev–Trinajstić information content (AvgIpc) is 3.02. The van der Waals surface area contributed by atoms with E-state index >= 15 is 0 Å². The second-order valence-corrected chi connectivity index (χ2v) is 5.27. The fraction of sp³-hybridized carbons (Fsp3) is 0.231. The van der Waals surface area contributed by atoms with Crippen molar-refractivity contribution in [3.8, 4) is 0 Å². The minimum Gasteiger partial charge on any atom is -0.383 e. The van der Waals surface area contributed by atoms with Gasteiger partial charge in [-0.15, -0.1) is 0 Å². The van der Waals surface area contributed by atoms with E-state index in [-0.39, 0.29) is 5.82 Å². The monoisotopic (exact) mass is 292 g/mol. The molecule has 0 saturated heterocycles. The number of aromatic nitrogens is 3. The Morgan fingerprint density at radius 2 is 2.35 bits per heavy atom. The predicted octanol–water partition coefficient (Wildman–Crippen LogP) is 3.02. The maximum absolute atomic E-state index is 13.1. The molecular weight excluding hydrogens is 279 g/mol. The topological polar surface area (TPSA) is 52.0 Å². The van der Waals surface area contributed by atoms with E-state index in [0.717, 1.165) is 21.0 Å². The van der Waals surface area contributed by atoms with Gasteiger partial charge in [0.2, 0.25) is 0 Å².